The molecular formula is C20H17Cl2FN2O2S. The summed E-state index contributed by atoms with van der Waals surface area (Å²) in [5, 5.41) is 3.83. The topological polar surface area (TPSA) is 51.1 Å². The Balaban J connectivity index is 2.02. The van der Waals surface area contributed by atoms with Crippen molar-refractivity contribution in [3.05, 3.63) is 75.7 Å². The van der Waals surface area contributed by atoms with Gasteiger partial charge in [-0.3, -0.25) is 0 Å². The van der Waals surface area contributed by atoms with Gasteiger partial charge in [0.15, 0.2) is 0 Å². The number of fused-ring (bicyclic) bond motifs is 1. The van der Waals surface area contributed by atoms with Crippen LogP contribution in [0.15, 0.2) is 53.6 Å². The van der Waals surface area contributed by atoms with E-state index in [1.165, 1.54) is 30.3 Å². The Morgan fingerprint density at radius 3 is 2.61 bits per heavy atom. The maximum Gasteiger partial charge on any atom is 0.268 e. The molecule has 0 amide bonds. The zero-order chi connectivity index (χ0) is 20.1. The molecule has 1 heterocycles. The van der Waals surface area contributed by atoms with Gasteiger partial charge in [-0.25, -0.2) is 16.8 Å². The summed E-state index contributed by atoms with van der Waals surface area (Å²) in [5.74, 6) is -0.527. The Kier molecular flexibility index (Phi) is 5.00. The van der Waals surface area contributed by atoms with Crippen LogP contribution >= 0.6 is 23.2 Å². The molecule has 0 saturated carbocycles. The van der Waals surface area contributed by atoms with E-state index in [0.717, 1.165) is 21.5 Å². The van der Waals surface area contributed by atoms with Gasteiger partial charge in [0, 0.05) is 27.8 Å². The second kappa shape index (κ2) is 7.19. The highest BCUT2D eigenvalue weighted by molar-refractivity contribution is 7.90. The summed E-state index contributed by atoms with van der Waals surface area (Å²) in [6.07, 6.45) is 3.03. The van der Waals surface area contributed by atoms with E-state index in [2.05, 4.69) is 5.32 Å². The van der Waals surface area contributed by atoms with Crippen LogP contribution in [-0.4, -0.2) is 19.4 Å². The van der Waals surface area contributed by atoms with E-state index in [-0.39, 0.29) is 16.5 Å². The van der Waals surface area contributed by atoms with Gasteiger partial charge in [-0.15, -0.1) is 0 Å². The largest absolute Gasteiger partial charge is 0.313 e. The maximum absolute atomic E-state index is 14.7. The molecule has 1 aliphatic carbocycles. The number of benzene rings is 2. The molecule has 1 aliphatic rings. The van der Waals surface area contributed by atoms with Crippen molar-refractivity contribution in [3.8, 4) is 11.3 Å². The lowest BCUT2D eigenvalue weighted by atomic mass is 10.1. The molecule has 28 heavy (non-hydrogen) atoms. The van der Waals surface area contributed by atoms with Gasteiger partial charge in [0.1, 0.15) is 5.82 Å². The first-order chi connectivity index (χ1) is 13.3. The van der Waals surface area contributed by atoms with Crippen molar-refractivity contribution in [1.29, 1.82) is 0 Å². The van der Waals surface area contributed by atoms with Crippen molar-refractivity contribution < 1.29 is 12.8 Å². The molecule has 1 N–H and O–H groups in total. The van der Waals surface area contributed by atoms with Gasteiger partial charge in [0.05, 0.1) is 10.6 Å². The molecule has 2 aromatic carbocycles. The Labute approximate surface area is 173 Å². The van der Waals surface area contributed by atoms with Crippen LogP contribution in [-0.2, 0) is 16.4 Å². The molecular weight excluding hydrogens is 422 g/mol. The molecule has 4 rings (SSSR count). The highest BCUT2D eigenvalue weighted by Gasteiger charge is 2.33. The van der Waals surface area contributed by atoms with Gasteiger partial charge in [-0.05, 0) is 67.4 Å². The second-order valence-electron chi connectivity index (χ2n) is 6.67. The zero-order valence-corrected chi connectivity index (χ0v) is 17.2. The molecule has 146 valence electrons. The van der Waals surface area contributed by atoms with Gasteiger partial charge < -0.3 is 5.32 Å². The van der Waals surface area contributed by atoms with Crippen LogP contribution in [0, 0.1) is 5.82 Å². The normalized spacial score (nSPS) is 16.4. The van der Waals surface area contributed by atoms with Crippen LogP contribution in [0.4, 0.5) is 4.39 Å². The SMILES string of the molecule is CNC1CCc2c1cn(S(=O)(=O)c1cccc(Cl)c1)c2-c1cc(Cl)ccc1F. The second-order valence-corrected chi connectivity index (χ2v) is 9.36. The number of nitrogens with one attached hydrogen (secondary N) is 1. The predicted molar refractivity (Wildman–Crippen MR) is 109 cm³/mol. The van der Waals surface area contributed by atoms with E-state index in [9.17, 15) is 12.8 Å². The average molecular weight is 439 g/mol. The third-order valence-electron chi connectivity index (χ3n) is 5.05. The highest BCUT2D eigenvalue weighted by Crippen LogP contribution is 2.42. The fourth-order valence-corrected chi connectivity index (χ4v) is 5.62. The minimum atomic E-state index is -3.98. The van der Waals surface area contributed by atoms with Gasteiger partial charge in [0.25, 0.3) is 10.0 Å². The first-order valence-corrected chi connectivity index (χ1v) is 10.9. The summed E-state index contributed by atoms with van der Waals surface area (Å²) < 4.78 is 42.7. The van der Waals surface area contributed by atoms with Crippen molar-refractivity contribution >= 4 is 33.2 Å². The number of nitrogens with zero attached hydrogens (tertiary/aromatic N) is 1. The van der Waals surface area contributed by atoms with Gasteiger partial charge in [0.2, 0.25) is 0 Å². The maximum atomic E-state index is 14.7. The Bertz CT molecular complexity index is 1170. The summed E-state index contributed by atoms with van der Waals surface area (Å²) in [7, 11) is -2.16. The van der Waals surface area contributed by atoms with Crippen molar-refractivity contribution in [1.82, 2.24) is 9.29 Å². The molecule has 1 atom stereocenters. The van der Waals surface area contributed by atoms with Crippen LogP contribution in [0.5, 0.6) is 0 Å². The van der Waals surface area contributed by atoms with Gasteiger partial charge >= 0.3 is 0 Å². The smallest absolute Gasteiger partial charge is 0.268 e. The van der Waals surface area contributed by atoms with E-state index >= 15 is 0 Å². The number of halogens is 3. The fourth-order valence-electron chi connectivity index (χ4n) is 3.74. The lowest BCUT2D eigenvalue weighted by molar-refractivity contribution is 0.578. The van der Waals surface area contributed by atoms with Crippen molar-refractivity contribution in [3.63, 3.8) is 0 Å². The van der Waals surface area contributed by atoms with Gasteiger partial charge in [-0.2, -0.15) is 0 Å². The number of aromatic nitrogens is 1. The standard InChI is InChI=1S/C20H17Cl2FN2O2S/c1-24-19-8-6-15-17(19)11-25(20(15)16-10-13(22)5-7-18(16)23)28(26,27)14-4-2-3-12(21)9-14/h2-5,7,9-11,19,24H,6,8H2,1H3. The highest BCUT2D eigenvalue weighted by atomic mass is 35.5. The van der Waals surface area contributed by atoms with E-state index in [4.69, 9.17) is 23.2 Å². The fraction of sp³-hybridized carbons (Fsp3) is 0.200. The summed E-state index contributed by atoms with van der Waals surface area (Å²) in [4.78, 5) is 0.0402. The van der Waals surface area contributed by atoms with E-state index in [1.807, 2.05) is 7.05 Å². The van der Waals surface area contributed by atoms with Crippen LogP contribution in [0.1, 0.15) is 23.6 Å². The van der Waals surface area contributed by atoms with E-state index < -0.39 is 15.8 Å². The molecule has 4 nitrogen and oxygen atoms in total. The van der Waals surface area contributed by atoms with Gasteiger partial charge in [-0.1, -0.05) is 29.3 Å². The Hall–Kier alpha value is -1.86. The summed E-state index contributed by atoms with van der Waals surface area (Å²) in [5.41, 5.74) is 2.14. The van der Waals surface area contributed by atoms with Crippen molar-refractivity contribution in [2.24, 2.45) is 0 Å². The van der Waals surface area contributed by atoms with Crippen LogP contribution in [0.3, 0.4) is 0 Å². The summed E-state index contributed by atoms with van der Waals surface area (Å²) in [6, 6.07) is 10.2. The number of rotatable bonds is 4. The number of hydrogen-bond acceptors (Lipinski definition) is 3. The molecule has 0 spiro atoms. The lowest BCUT2D eigenvalue weighted by Crippen LogP contribution is -2.16. The monoisotopic (exact) mass is 438 g/mol. The van der Waals surface area contributed by atoms with Crippen LogP contribution in [0.2, 0.25) is 10.0 Å². The van der Waals surface area contributed by atoms with E-state index in [1.54, 1.807) is 18.3 Å². The minimum Gasteiger partial charge on any atom is -0.313 e. The Morgan fingerprint density at radius 2 is 1.89 bits per heavy atom. The molecule has 1 aromatic heterocycles. The van der Waals surface area contributed by atoms with Crippen molar-refractivity contribution in [2.45, 2.75) is 23.8 Å². The molecule has 0 radical (unpaired) electrons. The molecule has 0 saturated heterocycles. The third-order valence-corrected chi connectivity index (χ3v) is 7.18. The summed E-state index contributed by atoms with van der Waals surface area (Å²) >= 11 is 12.1. The van der Waals surface area contributed by atoms with Crippen LogP contribution in [0.25, 0.3) is 11.3 Å². The summed E-state index contributed by atoms with van der Waals surface area (Å²) in [6.45, 7) is 0. The van der Waals surface area contributed by atoms with Crippen LogP contribution < -0.4 is 5.32 Å². The third kappa shape index (κ3) is 3.14. The van der Waals surface area contributed by atoms with Crippen molar-refractivity contribution in [2.75, 3.05) is 7.05 Å². The average Bonchev–Trinajstić information content (AvgIpc) is 3.23. The molecule has 3 aromatic rings. The predicted octanol–water partition coefficient (Wildman–Crippen LogP) is 5.04. The molecule has 0 aliphatic heterocycles. The molecule has 0 bridgehead atoms. The molecule has 0 fully saturated rings. The zero-order valence-electron chi connectivity index (χ0n) is 14.9. The molecule has 8 heteroatoms. The first-order valence-electron chi connectivity index (χ1n) is 8.71. The minimum absolute atomic E-state index is 0.00630. The van der Waals surface area contributed by atoms with E-state index in [0.29, 0.717) is 22.2 Å². The lowest BCUT2D eigenvalue weighted by Gasteiger charge is -2.14. The quantitative estimate of drug-likeness (QED) is 0.620. The first kappa shape index (κ1) is 19.5. The number of hydrogen-bond donors (Lipinski definition) is 1. The Morgan fingerprint density at radius 1 is 1.14 bits per heavy atom. The molecule has 1 unspecified atom stereocenters.